The smallest absolute Gasteiger partial charge is 0.126 e. The fourth-order valence-corrected chi connectivity index (χ4v) is 2.78. The summed E-state index contributed by atoms with van der Waals surface area (Å²) in [4.78, 5) is 0. The lowest BCUT2D eigenvalue weighted by atomic mass is 9.91. The predicted octanol–water partition coefficient (Wildman–Crippen LogP) is 2.99. The van der Waals surface area contributed by atoms with E-state index < -0.39 is 0 Å². The van der Waals surface area contributed by atoms with Gasteiger partial charge in [-0.2, -0.15) is 0 Å². The number of hydrogen-bond acceptors (Lipinski definition) is 3. The van der Waals surface area contributed by atoms with Crippen LogP contribution in [0.5, 0.6) is 5.75 Å². The molecule has 1 aromatic carbocycles. The molecule has 0 aliphatic heterocycles. The molecule has 3 N–H and O–H groups in total. The first-order valence-electron chi connectivity index (χ1n) is 6.78. The van der Waals surface area contributed by atoms with Gasteiger partial charge in [-0.05, 0) is 51.2 Å². The van der Waals surface area contributed by atoms with Gasteiger partial charge in [-0.15, -0.1) is 0 Å². The van der Waals surface area contributed by atoms with E-state index in [1.54, 1.807) is 7.11 Å². The number of nitrogens with one attached hydrogen (secondary N) is 1. The van der Waals surface area contributed by atoms with Gasteiger partial charge in [-0.25, -0.2) is 0 Å². The van der Waals surface area contributed by atoms with E-state index in [-0.39, 0.29) is 0 Å². The van der Waals surface area contributed by atoms with Crippen molar-refractivity contribution >= 4 is 5.69 Å². The molecule has 0 bridgehead atoms. The molecule has 1 aliphatic rings. The molecule has 0 heterocycles. The molecule has 100 valence electrons. The molecule has 0 unspecified atom stereocenters. The fourth-order valence-electron chi connectivity index (χ4n) is 2.78. The molecule has 0 atom stereocenters. The molecule has 1 fully saturated rings. The number of rotatable bonds is 3. The molecule has 0 saturated heterocycles. The molecular formula is C15H24N2O. The average molecular weight is 248 g/mol. The van der Waals surface area contributed by atoms with E-state index in [0.717, 1.165) is 31.4 Å². The second-order valence-electron chi connectivity index (χ2n) is 5.34. The SMILES string of the molecule is COc1c(C)ccc(NC2CCC(N)CC2)c1C. The van der Waals surface area contributed by atoms with Crippen LogP contribution in [0.15, 0.2) is 12.1 Å². The first-order chi connectivity index (χ1) is 8.61. The van der Waals surface area contributed by atoms with E-state index >= 15 is 0 Å². The van der Waals surface area contributed by atoms with Crippen molar-refractivity contribution in [2.24, 2.45) is 5.73 Å². The summed E-state index contributed by atoms with van der Waals surface area (Å²) >= 11 is 0. The van der Waals surface area contributed by atoms with Gasteiger partial charge in [0.15, 0.2) is 0 Å². The van der Waals surface area contributed by atoms with Gasteiger partial charge in [-0.3, -0.25) is 0 Å². The topological polar surface area (TPSA) is 47.3 Å². The van der Waals surface area contributed by atoms with E-state index in [9.17, 15) is 0 Å². The Morgan fingerprint density at radius 1 is 1.17 bits per heavy atom. The molecule has 3 heteroatoms. The van der Waals surface area contributed by atoms with E-state index in [4.69, 9.17) is 10.5 Å². The van der Waals surface area contributed by atoms with Gasteiger partial charge in [0.05, 0.1) is 7.11 Å². The van der Waals surface area contributed by atoms with Crippen molar-refractivity contribution in [3.05, 3.63) is 23.3 Å². The molecule has 1 aromatic rings. The molecule has 0 amide bonds. The molecule has 1 saturated carbocycles. The Labute approximate surface area is 110 Å². The van der Waals surface area contributed by atoms with Crippen LogP contribution < -0.4 is 15.8 Å². The van der Waals surface area contributed by atoms with E-state index in [1.807, 2.05) is 0 Å². The number of ether oxygens (including phenoxy) is 1. The zero-order chi connectivity index (χ0) is 13.1. The van der Waals surface area contributed by atoms with Crippen molar-refractivity contribution < 1.29 is 4.74 Å². The fraction of sp³-hybridized carbons (Fsp3) is 0.600. The minimum Gasteiger partial charge on any atom is -0.496 e. The Morgan fingerprint density at radius 3 is 2.44 bits per heavy atom. The quantitative estimate of drug-likeness (QED) is 0.864. The Hall–Kier alpha value is -1.22. The molecule has 0 aromatic heterocycles. The summed E-state index contributed by atoms with van der Waals surface area (Å²) in [6.45, 7) is 4.19. The maximum Gasteiger partial charge on any atom is 0.126 e. The van der Waals surface area contributed by atoms with Gasteiger partial charge in [-0.1, -0.05) is 6.07 Å². The average Bonchev–Trinajstić information content (AvgIpc) is 2.36. The molecule has 3 nitrogen and oxygen atoms in total. The minimum atomic E-state index is 0.400. The second-order valence-corrected chi connectivity index (χ2v) is 5.34. The first kappa shape index (κ1) is 13.2. The highest BCUT2D eigenvalue weighted by atomic mass is 16.5. The number of methoxy groups -OCH3 is 1. The lowest BCUT2D eigenvalue weighted by Crippen LogP contribution is -2.32. The van der Waals surface area contributed by atoms with Crippen molar-refractivity contribution in [3.8, 4) is 5.75 Å². The highest BCUT2D eigenvalue weighted by molar-refractivity contribution is 5.60. The number of anilines is 1. The minimum absolute atomic E-state index is 0.400. The van der Waals surface area contributed by atoms with Crippen LogP contribution in [-0.4, -0.2) is 19.2 Å². The highest BCUT2D eigenvalue weighted by Crippen LogP contribution is 2.31. The van der Waals surface area contributed by atoms with Crippen molar-refractivity contribution in [2.45, 2.75) is 51.6 Å². The zero-order valence-corrected chi connectivity index (χ0v) is 11.6. The molecule has 0 spiro atoms. The van der Waals surface area contributed by atoms with Crippen LogP contribution >= 0.6 is 0 Å². The number of benzene rings is 1. The summed E-state index contributed by atoms with van der Waals surface area (Å²) in [5.41, 5.74) is 9.52. The Morgan fingerprint density at radius 2 is 1.83 bits per heavy atom. The van der Waals surface area contributed by atoms with Gasteiger partial charge in [0, 0.05) is 23.3 Å². The highest BCUT2D eigenvalue weighted by Gasteiger charge is 2.19. The van der Waals surface area contributed by atoms with Crippen LogP contribution in [-0.2, 0) is 0 Å². The largest absolute Gasteiger partial charge is 0.496 e. The summed E-state index contributed by atoms with van der Waals surface area (Å²) in [5, 5.41) is 3.64. The van der Waals surface area contributed by atoms with Gasteiger partial charge in [0.25, 0.3) is 0 Å². The maximum absolute atomic E-state index is 5.94. The lowest BCUT2D eigenvalue weighted by Gasteiger charge is -2.28. The third kappa shape index (κ3) is 2.78. The number of nitrogens with two attached hydrogens (primary N) is 1. The van der Waals surface area contributed by atoms with Crippen LogP contribution in [0.3, 0.4) is 0 Å². The third-order valence-electron chi connectivity index (χ3n) is 3.94. The van der Waals surface area contributed by atoms with E-state index in [1.165, 1.54) is 16.8 Å². The maximum atomic E-state index is 5.94. The van der Waals surface area contributed by atoms with Gasteiger partial charge in [0.1, 0.15) is 5.75 Å². The summed E-state index contributed by atoms with van der Waals surface area (Å²) in [7, 11) is 1.73. The number of aryl methyl sites for hydroxylation is 1. The molecule has 1 aliphatic carbocycles. The molecule has 18 heavy (non-hydrogen) atoms. The molecule has 2 rings (SSSR count). The summed E-state index contributed by atoms with van der Waals surface area (Å²) in [6.07, 6.45) is 4.58. The van der Waals surface area contributed by atoms with E-state index in [2.05, 4.69) is 31.3 Å². The lowest BCUT2D eigenvalue weighted by molar-refractivity contribution is 0.405. The van der Waals surface area contributed by atoms with Gasteiger partial charge < -0.3 is 15.8 Å². The third-order valence-corrected chi connectivity index (χ3v) is 3.94. The van der Waals surface area contributed by atoms with Crippen LogP contribution in [0.2, 0.25) is 0 Å². The molecule has 0 radical (unpaired) electrons. The Bertz CT molecular complexity index is 409. The summed E-state index contributed by atoms with van der Waals surface area (Å²) in [5.74, 6) is 0.993. The monoisotopic (exact) mass is 248 g/mol. The summed E-state index contributed by atoms with van der Waals surface area (Å²) in [6, 6.07) is 5.22. The van der Waals surface area contributed by atoms with Gasteiger partial charge in [0.2, 0.25) is 0 Å². The first-order valence-corrected chi connectivity index (χ1v) is 6.78. The number of hydrogen-bond donors (Lipinski definition) is 2. The predicted molar refractivity (Wildman–Crippen MR) is 76.3 cm³/mol. The second kappa shape index (κ2) is 5.61. The van der Waals surface area contributed by atoms with Crippen molar-refractivity contribution in [2.75, 3.05) is 12.4 Å². The van der Waals surface area contributed by atoms with E-state index in [0.29, 0.717) is 12.1 Å². The van der Waals surface area contributed by atoms with Crippen molar-refractivity contribution in [1.82, 2.24) is 0 Å². The Kier molecular flexibility index (Phi) is 4.12. The molecular weight excluding hydrogens is 224 g/mol. The van der Waals surface area contributed by atoms with Crippen molar-refractivity contribution in [1.29, 1.82) is 0 Å². The zero-order valence-electron chi connectivity index (χ0n) is 11.6. The normalized spacial score (nSPS) is 23.8. The van der Waals surface area contributed by atoms with Gasteiger partial charge >= 0.3 is 0 Å². The van der Waals surface area contributed by atoms with Crippen LogP contribution in [0, 0.1) is 13.8 Å². The van der Waals surface area contributed by atoms with Crippen molar-refractivity contribution in [3.63, 3.8) is 0 Å². The summed E-state index contributed by atoms with van der Waals surface area (Å²) < 4.78 is 5.46. The van der Waals surface area contributed by atoms with Crippen LogP contribution in [0.4, 0.5) is 5.69 Å². The Balaban J connectivity index is 2.10. The van der Waals surface area contributed by atoms with Crippen LogP contribution in [0.25, 0.3) is 0 Å². The van der Waals surface area contributed by atoms with Crippen LogP contribution in [0.1, 0.15) is 36.8 Å². The standard InChI is InChI=1S/C15H24N2O/c1-10-4-9-14(11(2)15(10)18-3)17-13-7-5-12(16)6-8-13/h4,9,12-13,17H,5-8,16H2,1-3H3.